The van der Waals surface area contributed by atoms with Gasteiger partial charge in [-0.15, -0.1) is 0 Å². The van der Waals surface area contributed by atoms with E-state index in [0.717, 1.165) is 10.0 Å². The molecule has 0 aliphatic carbocycles. The molecule has 29 heavy (non-hydrogen) atoms. The standard InChI is InChI=1S/C21H21BrO7/c1-24-18-8-13(9-19(25-2)21(18)26-3)4-5-20(23)29-12-14-10-16-17(11-15(14)22)28-7-6-27-16/h4-5,8-11H,6-7,12H2,1-3H3/b5-4+. The summed E-state index contributed by atoms with van der Waals surface area (Å²) in [5, 5.41) is 0. The maximum atomic E-state index is 12.2. The van der Waals surface area contributed by atoms with Crippen molar-refractivity contribution in [3.63, 3.8) is 0 Å². The summed E-state index contributed by atoms with van der Waals surface area (Å²) in [6, 6.07) is 7.09. The molecular weight excluding hydrogens is 444 g/mol. The van der Waals surface area contributed by atoms with Gasteiger partial charge in [0, 0.05) is 16.1 Å². The van der Waals surface area contributed by atoms with E-state index in [-0.39, 0.29) is 6.61 Å². The zero-order chi connectivity index (χ0) is 20.8. The van der Waals surface area contributed by atoms with Crippen molar-refractivity contribution in [2.75, 3.05) is 34.5 Å². The summed E-state index contributed by atoms with van der Waals surface area (Å²) in [6.07, 6.45) is 2.96. The molecule has 0 N–H and O–H groups in total. The number of methoxy groups -OCH3 is 3. The minimum atomic E-state index is -0.486. The van der Waals surface area contributed by atoms with Crippen molar-refractivity contribution in [3.05, 3.63) is 45.9 Å². The summed E-state index contributed by atoms with van der Waals surface area (Å²) in [5.41, 5.74) is 1.49. The van der Waals surface area contributed by atoms with Crippen molar-refractivity contribution in [1.82, 2.24) is 0 Å². The van der Waals surface area contributed by atoms with Crippen molar-refractivity contribution in [2.24, 2.45) is 0 Å². The van der Waals surface area contributed by atoms with Crippen LogP contribution in [-0.2, 0) is 16.1 Å². The van der Waals surface area contributed by atoms with Crippen molar-refractivity contribution in [3.8, 4) is 28.7 Å². The van der Waals surface area contributed by atoms with Crippen LogP contribution in [0.4, 0.5) is 0 Å². The zero-order valence-corrected chi connectivity index (χ0v) is 17.9. The van der Waals surface area contributed by atoms with Gasteiger partial charge in [0.05, 0.1) is 21.3 Å². The van der Waals surface area contributed by atoms with Crippen LogP contribution >= 0.6 is 15.9 Å². The van der Waals surface area contributed by atoms with Crippen LogP contribution in [0.1, 0.15) is 11.1 Å². The van der Waals surface area contributed by atoms with Gasteiger partial charge in [-0.05, 0) is 35.9 Å². The largest absolute Gasteiger partial charge is 0.493 e. The second-order valence-electron chi connectivity index (χ2n) is 5.99. The van der Waals surface area contributed by atoms with E-state index < -0.39 is 5.97 Å². The first-order valence-corrected chi connectivity index (χ1v) is 9.58. The molecule has 154 valence electrons. The molecule has 2 aromatic carbocycles. The highest BCUT2D eigenvalue weighted by Gasteiger charge is 2.16. The molecule has 1 aliphatic rings. The minimum Gasteiger partial charge on any atom is -0.493 e. The summed E-state index contributed by atoms with van der Waals surface area (Å²) >= 11 is 3.46. The molecule has 0 bridgehead atoms. The molecule has 0 amide bonds. The Kier molecular flexibility index (Phi) is 6.87. The second kappa shape index (κ2) is 9.56. The Morgan fingerprint density at radius 1 is 1.00 bits per heavy atom. The van der Waals surface area contributed by atoms with E-state index in [4.69, 9.17) is 28.4 Å². The van der Waals surface area contributed by atoms with E-state index in [0.29, 0.717) is 47.5 Å². The van der Waals surface area contributed by atoms with Crippen molar-refractivity contribution in [1.29, 1.82) is 0 Å². The number of carbonyl (C=O) groups is 1. The molecule has 0 radical (unpaired) electrons. The third kappa shape index (κ3) is 4.95. The number of hydrogen-bond acceptors (Lipinski definition) is 7. The summed E-state index contributed by atoms with van der Waals surface area (Å²) in [6.45, 7) is 1.10. The number of ether oxygens (including phenoxy) is 6. The molecule has 1 aliphatic heterocycles. The van der Waals surface area contributed by atoms with Crippen LogP contribution < -0.4 is 23.7 Å². The van der Waals surface area contributed by atoms with Gasteiger partial charge in [0.25, 0.3) is 0 Å². The Bertz CT molecular complexity index is 898. The normalized spacial score (nSPS) is 12.6. The van der Waals surface area contributed by atoms with Crippen molar-refractivity contribution >= 4 is 28.0 Å². The predicted molar refractivity (Wildman–Crippen MR) is 110 cm³/mol. The van der Waals surface area contributed by atoms with E-state index in [2.05, 4.69) is 15.9 Å². The maximum Gasteiger partial charge on any atom is 0.331 e. The number of esters is 1. The number of halogens is 1. The highest BCUT2D eigenvalue weighted by molar-refractivity contribution is 9.10. The van der Waals surface area contributed by atoms with Gasteiger partial charge in [-0.1, -0.05) is 15.9 Å². The number of carbonyl (C=O) groups excluding carboxylic acids is 1. The van der Waals surface area contributed by atoms with Crippen LogP contribution in [0.5, 0.6) is 28.7 Å². The van der Waals surface area contributed by atoms with E-state index >= 15 is 0 Å². The fourth-order valence-electron chi connectivity index (χ4n) is 2.78. The van der Waals surface area contributed by atoms with E-state index in [1.165, 1.54) is 27.4 Å². The highest BCUT2D eigenvalue weighted by Crippen LogP contribution is 2.38. The lowest BCUT2D eigenvalue weighted by atomic mass is 10.1. The van der Waals surface area contributed by atoms with Crippen LogP contribution in [0.3, 0.4) is 0 Å². The molecule has 0 atom stereocenters. The summed E-state index contributed by atoms with van der Waals surface area (Å²) < 4.78 is 33.1. The molecule has 0 spiro atoms. The summed E-state index contributed by atoms with van der Waals surface area (Å²) in [4.78, 5) is 12.2. The molecule has 7 nitrogen and oxygen atoms in total. The van der Waals surface area contributed by atoms with Crippen LogP contribution in [0.15, 0.2) is 34.8 Å². The average molecular weight is 465 g/mol. The van der Waals surface area contributed by atoms with Crippen LogP contribution in [0.25, 0.3) is 6.08 Å². The Labute approximate surface area is 177 Å². The Morgan fingerprint density at radius 2 is 1.62 bits per heavy atom. The zero-order valence-electron chi connectivity index (χ0n) is 16.3. The van der Waals surface area contributed by atoms with Gasteiger partial charge in [-0.25, -0.2) is 4.79 Å². The number of rotatable bonds is 7. The van der Waals surface area contributed by atoms with Crippen molar-refractivity contribution < 1.29 is 33.2 Å². The van der Waals surface area contributed by atoms with Gasteiger partial charge in [-0.3, -0.25) is 0 Å². The highest BCUT2D eigenvalue weighted by atomic mass is 79.9. The van der Waals surface area contributed by atoms with Crippen LogP contribution in [0.2, 0.25) is 0 Å². The number of fused-ring (bicyclic) bond motifs is 1. The lowest BCUT2D eigenvalue weighted by Gasteiger charge is -2.19. The van der Waals surface area contributed by atoms with Gasteiger partial charge in [0.2, 0.25) is 5.75 Å². The Balaban J connectivity index is 1.67. The first-order valence-electron chi connectivity index (χ1n) is 8.78. The number of benzene rings is 2. The molecule has 2 aromatic rings. The first kappa shape index (κ1) is 20.9. The van der Waals surface area contributed by atoms with Crippen LogP contribution in [-0.4, -0.2) is 40.5 Å². The summed E-state index contributed by atoms with van der Waals surface area (Å²) in [7, 11) is 4.59. The molecule has 3 rings (SSSR count). The second-order valence-corrected chi connectivity index (χ2v) is 6.84. The van der Waals surface area contributed by atoms with E-state index in [9.17, 15) is 4.79 Å². The molecule has 0 aromatic heterocycles. The monoisotopic (exact) mass is 464 g/mol. The molecular formula is C21H21BrO7. The molecule has 0 saturated carbocycles. The summed E-state index contributed by atoms with van der Waals surface area (Å²) in [5.74, 6) is 2.30. The fraction of sp³-hybridized carbons (Fsp3) is 0.286. The minimum absolute atomic E-state index is 0.0929. The van der Waals surface area contributed by atoms with Crippen LogP contribution in [0, 0.1) is 0 Å². The van der Waals surface area contributed by atoms with E-state index in [1.54, 1.807) is 24.3 Å². The molecule has 0 fully saturated rings. The average Bonchev–Trinajstić information content (AvgIpc) is 2.75. The van der Waals surface area contributed by atoms with Gasteiger partial charge in [0.15, 0.2) is 23.0 Å². The quantitative estimate of drug-likeness (QED) is 0.452. The third-order valence-electron chi connectivity index (χ3n) is 4.18. The fourth-order valence-corrected chi connectivity index (χ4v) is 3.21. The molecule has 1 heterocycles. The third-order valence-corrected chi connectivity index (χ3v) is 4.92. The lowest BCUT2D eigenvalue weighted by Crippen LogP contribution is -2.15. The smallest absolute Gasteiger partial charge is 0.331 e. The van der Waals surface area contributed by atoms with Gasteiger partial charge in [0.1, 0.15) is 19.8 Å². The Hall–Kier alpha value is -2.87. The Morgan fingerprint density at radius 3 is 2.21 bits per heavy atom. The van der Waals surface area contributed by atoms with E-state index in [1.807, 2.05) is 6.07 Å². The number of hydrogen-bond donors (Lipinski definition) is 0. The molecule has 0 saturated heterocycles. The molecule has 8 heteroatoms. The first-order chi connectivity index (χ1) is 14.0. The topological polar surface area (TPSA) is 72.5 Å². The van der Waals surface area contributed by atoms with Gasteiger partial charge < -0.3 is 28.4 Å². The molecule has 0 unspecified atom stereocenters. The lowest BCUT2D eigenvalue weighted by molar-refractivity contribution is -0.138. The van der Waals surface area contributed by atoms with Crippen molar-refractivity contribution in [2.45, 2.75) is 6.61 Å². The SMILES string of the molecule is COc1cc(/C=C/C(=O)OCc2cc3c(cc2Br)OCCO3)cc(OC)c1OC. The van der Waals surface area contributed by atoms with Gasteiger partial charge in [-0.2, -0.15) is 0 Å². The maximum absolute atomic E-state index is 12.2. The predicted octanol–water partition coefficient (Wildman–Crippen LogP) is 4.00. The van der Waals surface area contributed by atoms with Gasteiger partial charge >= 0.3 is 5.97 Å².